The molecule has 1 atom stereocenters. The smallest absolute Gasteiger partial charge is 0.248 e. The summed E-state index contributed by atoms with van der Waals surface area (Å²) in [7, 11) is 0. The first-order valence-electron chi connectivity index (χ1n) is 7.17. The Hall–Kier alpha value is -1.75. The second kappa shape index (κ2) is 6.61. The van der Waals surface area contributed by atoms with Crippen LogP contribution in [0.4, 0.5) is 11.4 Å². The number of carbonyl (C=O) groups is 1. The third-order valence-corrected chi connectivity index (χ3v) is 3.59. The predicted molar refractivity (Wildman–Crippen MR) is 80.9 cm³/mol. The van der Waals surface area contributed by atoms with Crippen LogP contribution < -0.4 is 16.4 Å². The molecular weight excluding hydrogens is 254 g/mol. The van der Waals surface area contributed by atoms with Gasteiger partial charge in [-0.05, 0) is 37.5 Å². The molecule has 0 aromatic heterocycles. The lowest BCUT2D eigenvalue weighted by atomic mass is 10.1. The van der Waals surface area contributed by atoms with Crippen molar-refractivity contribution < 1.29 is 9.53 Å². The number of primary amides is 1. The van der Waals surface area contributed by atoms with Crippen LogP contribution in [0, 0.1) is 0 Å². The number of nitrogens with zero attached hydrogens (tertiary/aromatic N) is 1. The Morgan fingerprint density at radius 3 is 2.95 bits per heavy atom. The number of amides is 1. The van der Waals surface area contributed by atoms with Crippen LogP contribution in [0.2, 0.25) is 0 Å². The highest BCUT2D eigenvalue weighted by molar-refractivity contribution is 5.94. The fourth-order valence-electron chi connectivity index (χ4n) is 2.57. The van der Waals surface area contributed by atoms with Crippen molar-refractivity contribution in [1.29, 1.82) is 0 Å². The molecular formula is C15H23N3O2. The van der Waals surface area contributed by atoms with E-state index >= 15 is 0 Å². The molecule has 0 saturated carbocycles. The van der Waals surface area contributed by atoms with Gasteiger partial charge in [0.1, 0.15) is 0 Å². The van der Waals surface area contributed by atoms with Crippen molar-refractivity contribution in [3.05, 3.63) is 23.8 Å². The zero-order chi connectivity index (χ0) is 14.5. The van der Waals surface area contributed by atoms with Crippen molar-refractivity contribution in [3.8, 4) is 0 Å². The Morgan fingerprint density at radius 2 is 2.30 bits per heavy atom. The van der Waals surface area contributed by atoms with Crippen LogP contribution in [0.15, 0.2) is 18.2 Å². The maximum absolute atomic E-state index is 11.1. The Kier molecular flexibility index (Phi) is 4.84. The van der Waals surface area contributed by atoms with E-state index in [4.69, 9.17) is 16.2 Å². The number of ether oxygens (including phenoxy) is 1. The predicted octanol–water partition coefficient (Wildman–Crippen LogP) is 1.76. The Labute approximate surface area is 119 Å². The molecule has 2 rings (SSSR count). The molecule has 20 heavy (non-hydrogen) atoms. The van der Waals surface area contributed by atoms with E-state index in [1.807, 2.05) is 6.07 Å². The van der Waals surface area contributed by atoms with Crippen LogP contribution in [0.5, 0.6) is 0 Å². The van der Waals surface area contributed by atoms with Crippen LogP contribution in [-0.2, 0) is 4.74 Å². The highest BCUT2D eigenvalue weighted by Crippen LogP contribution is 2.28. The first kappa shape index (κ1) is 14.7. The molecule has 0 spiro atoms. The number of nitrogens with two attached hydrogens (primary N) is 2. The van der Waals surface area contributed by atoms with Gasteiger partial charge in [-0.2, -0.15) is 0 Å². The number of benzene rings is 1. The van der Waals surface area contributed by atoms with E-state index in [0.29, 0.717) is 11.3 Å². The van der Waals surface area contributed by atoms with Gasteiger partial charge in [-0.1, -0.05) is 6.92 Å². The maximum atomic E-state index is 11.1. The van der Waals surface area contributed by atoms with Gasteiger partial charge < -0.3 is 21.1 Å². The molecule has 110 valence electrons. The monoisotopic (exact) mass is 277 g/mol. The topological polar surface area (TPSA) is 81.6 Å². The number of hydrogen-bond donors (Lipinski definition) is 2. The molecule has 1 aliphatic rings. The number of hydrogen-bond acceptors (Lipinski definition) is 4. The van der Waals surface area contributed by atoms with Gasteiger partial charge in [-0.15, -0.1) is 0 Å². The van der Waals surface area contributed by atoms with Crippen molar-refractivity contribution in [2.24, 2.45) is 5.73 Å². The average Bonchev–Trinajstić information content (AvgIpc) is 2.45. The second-order valence-corrected chi connectivity index (χ2v) is 5.22. The molecule has 0 radical (unpaired) electrons. The van der Waals surface area contributed by atoms with E-state index in [9.17, 15) is 4.79 Å². The highest BCUT2D eigenvalue weighted by Gasteiger charge is 2.22. The summed E-state index contributed by atoms with van der Waals surface area (Å²) >= 11 is 0. The van der Waals surface area contributed by atoms with Crippen LogP contribution >= 0.6 is 0 Å². The molecule has 1 heterocycles. The maximum Gasteiger partial charge on any atom is 0.248 e. The van der Waals surface area contributed by atoms with Crippen molar-refractivity contribution in [1.82, 2.24) is 0 Å². The molecule has 1 aromatic rings. The van der Waals surface area contributed by atoms with Crippen molar-refractivity contribution in [2.45, 2.75) is 32.3 Å². The van der Waals surface area contributed by atoms with E-state index < -0.39 is 5.91 Å². The summed E-state index contributed by atoms with van der Waals surface area (Å²) in [4.78, 5) is 13.4. The lowest BCUT2D eigenvalue weighted by Gasteiger charge is -2.35. The lowest BCUT2D eigenvalue weighted by molar-refractivity contribution is 0.0441. The third-order valence-electron chi connectivity index (χ3n) is 3.59. The van der Waals surface area contributed by atoms with Gasteiger partial charge in [-0.25, -0.2) is 0 Å². The van der Waals surface area contributed by atoms with E-state index in [0.717, 1.165) is 44.6 Å². The van der Waals surface area contributed by atoms with Crippen molar-refractivity contribution in [3.63, 3.8) is 0 Å². The summed E-state index contributed by atoms with van der Waals surface area (Å²) in [5, 5.41) is 0. The Bertz CT molecular complexity index is 476. The quantitative estimate of drug-likeness (QED) is 0.804. The molecule has 4 N–H and O–H groups in total. The fraction of sp³-hybridized carbons (Fsp3) is 0.533. The minimum absolute atomic E-state index is 0.263. The zero-order valence-corrected chi connectivity index (χ0v) is 12.0. The number of carbonyl (C=O) groups excluding carboxylic acids is 1. The normalized spacial score (nSPS) is 19.1. The molecule has 1 fully saturated rings. The highest BCUT2D eigenvalue weighted by atomic mass is 16.5. The van der Waals surface area contributed by atoms with Gasteiger partial charge in [0.25, 0.3) is 0 Å². The van der Waals surface area contributed by atoms with Crippen molar-refractivity contribution >= 4 is 17.3 Å². The second-order valence-electron chi connectivity index (χ2n) is 5.22. The van der Waals surface area contributed by atoms with Gasteiger partial charge in [0.05, 0.1) is 17.5 Å². The summed E-state index contributed by atoms with van der Waals surface area (Å²) in [6.45, 7) is 4.72. The number of piperidine rings is 1. The van der Waals surface area contributed by atoms with Gasteiger partial charge in [0.15, 0.2) is 0 Å². The summed E-state index contributed by atoms with van der Waals surface area (Å²) in [5.74, 6) is -0.453. The van der Waals surface area contributed by atoms with E-state index in [1.165, 1.54) is 0 Å². The first-order chi connectivity index (χ1) is 9.61. The molecule has 5 nitrogen and oxygen atoms in total. The molecule has 0 bridgehead atoms. The Balaban J connectivity index is 2.08. The Morgan fingerprint density at radius 1 is 1.50 bits per heavy atom. The number of rotatable bonds is 5. The molecule has 1 amide bonds. The van der Waals surface area contributed by atoms with Crippen LogP contribution in [-0.4, -0.2) is 31.7 Å². The standard InChI is InChI=1S/C15H23N3O2/c1-2-8-20-12-4-3-7-18(10-12)14-6-5-11(15(17)19)9-13(14)16/h5-6,9,12H,2-4,7-8,10,16H2,1H3,(H2,17,19). The third kappa shape index (κ3) is 3.42. The molecule has 1 unspecified atom stereocenters. The molecule has 1 aliphatic heterocycles. The van der Waals surface area contributed by atoms with Crippen molar-refractivity contribution in [2.75, 3.05) is 30.3 Å². The van der Waals surface area contributed by atoms with E-state index in [-0.39, 0.29) is 6.10 Å². The largest absolute Gasteiger partial charge is 0.397 e. The number of anilines is 2. The van der Waals surface area contributed by atoms with Gasteiger partial charge in [-0.3, -0.25) is 4.79 Å². The summed E-state index contributed by atoms with van der Waals surface area (Å²) in [6, 6.07) is 5.25. The SMILES string of the molecule is CCCOC1CCCN(c2ccc(C(N)=O)cc2N)C1. The van der Waals surface area contributed by atoms with E-state index in [2.05, 4.69) is 11.8 Å². The lowest BCUT2D eigenvalue weighted by Crippen LogP contribution is -2.40. The minimum Gasteiger partial charge on any atom is -0.397 e. The average molecular weight is 277 g/mol. The number of nitrogen functional groups attached to an aromatic ring is 1. The zero-order valence-electron chi connectivity index (χ0n) is 12.0. The van der Waals surface area contributed by atoms with Gasteiger partial charge in [0.2, 0.25) is 5.91 Å². The molecule has 0 aliphatic carbocycles. The van der Waals surface area contributed by atoms with Crippen LogP contribution in [0.1, 0.15) is 36.5 Å². The summed E-state index contributed by atoms with van der Waals surface area (Å²) < 4.78 is 5.83. The van der Waals surface area contributed by atoms with Gasteiger partial charge in [0, 0.05) is 25.3 Å². The van der Waals surface area contributed by atoms with Crippen LogP contribution in [0.3, 0.4) is 0 Å². The minimum atomic E-state index is -0.453. The molecule has 5 heteroatoms. The summed E-state index contributed by atoms with van der Waals surface area (Å²) in [5.41, 5.74) is 13.3. The van der Waals surface area contributed by atoms with E-state index in [1.54, 1.807) is 12.1 Å². The molecule has 1 saturated heterocycles. The van der Waals surface area contributed by atoms with Gasteiger partial charge >= 0.3 is 0 Å². The summed E-state index contributed by atoms with van der Waals surface area (Å²) in [6.07, 6.45) is 3.48. The van der Waals surface area contributed by atoms with Crippen LogP contribution in [0.25, 0.3) is 0 Å². The fourth-order valence-corrected chi connectivity index (χ4v) is 2.57. The first-order valence-corrected chi connectivity index (χ1v) is 7.17. The molecule has 1 aromatic carbocycles.